The third-order valence-electron chi connectivity index (χ3n) is 1.66. The zero-order valence-electron chi connectivity index (χ0n) is 6.79. The maximum absolute atomic E-state index is 11.0. The molecule has 2 heteroatoms. The van der Waals surface area contributed by atoms with E-state index < -0.39 is 0 Å². The molecule has 1 aliphatic heterocycles. The van der Waals surface area contributed by atoms with E-state index in [1.54, 1.807) is 0 Å². The number of allylic oxidation sites excluding steroid dienone is 2. The van der Waals surface area contributed by atoms with Crippen LogP contribution in [0.2, 0.25) is 0 Å². The normalized spacial score (nSPS) is 15.5. The second-order valence-electron chi connectivity index (χ2n) is 2.59. The zero-order valence-corrected chi connectivity index (χ0v) is 6.79. The Morgan fingerprint density at radius 3 is 2.91 bits per heavy atom. The Bertz CT molecular complexity index is 194. The molecule has 0 radical (unpaired) electrons. The van der Waals surface area contributed by atoms with Crippen LogP contribution in [0.5, 0.6) is 0 Å². The monoisotopic (exact) mass is 151 g/mol. The summed E-state index contributed by atoms with van der Waals surface area (Å²) in [6.07, 6.45) is 8.57. The maximum atomic E-state index is 11.0. The summed E-state index contributed by atoms with van der Waals surface area (Å²) in [5.41, 5.74) is 0. The molecular formula is C9H13NO. The van der Waals surface area contributed by atoms with Crippen molar-refractivity contribution in [2.24, 2.45) is 0 Å². The molecule has 0 aromatic heterocycles. The second-order valence-corrected chi connectivity index (χ2v) is 2.59. The molecule has 1 aliphatic rings. The smallest absolute Gasteiger partial charge is 0.151 e. The molecule has 0 unspecified atom stereocenters. The highest BCUT2D eigenvalue weighted by molar-refractivity contribution is 5.80. The molecule has 0 spiro atoms. The molecule has 0 saturated carbocycles. The number of ketones is 1. The van der Waals surface area contributed by atoms with Gasteiger partial charge < -0.3 is 4.90 Å². The van der Waals surface area contributed by atoms with Gasteiger partial charge in [0.25, 0.3) is 0 Å². The molecule has 1 heterocycles. The molecule has 0 saturated heterocycles. The van der Waals surface area contributed by atoms with Crippen LogP contribution in [0.15, 0.2) is 24.4 Å². The minimum atomic E-state index is 0.296. The summed E-state index contributed by atoms with van der Waals surface area (Å²) in [5, 5.41) is 0. The predicted octanol–water partition coefficient (Wildman–Crippen LogP) is 1.35. The lowest BCUT2D eigenvalue weighted by Crippen LogP contribution is -2.25. The average Bonchev–Trinajstić information content (AvgIpc) is 2.06. The highest BCUT2D eigenvalue weighted by atomic mass is 16.1. The fraction of sp³-hybridized carbons (Fsp3) is 0.444. The van der Waals surface area contributed by atoms with Crippen LogP contribution in [0.4, 0.5) is 0 Å². The van der Waals surface area contributed by atoms with Crippen molar-refractivity contribution in [2.45, 2.75) is 13.3 Å². The first kappa shape index (κ1) is 8.05. The van der Waals surface area contributed by atoms with Gasteiger partial charge in [0.15, 0.2) is 5.78 Å². The van der Waals surface area contributed by atoms with Gasteiger partial charge in [-0.25, -0.2) is 0 Å². The van der Waals surface area contributed by atoms with Crippen molar-refractivity contribution < 1.29 is 4.79 Å². The SMILES string of the molecule is CCC(=O)CN1C=CC=CC1. The van der Waals surface area contributed by atoms with Crippen LogP contribution in [0, 0.1) is 0 Å². The van der Waals surface area contributed by atoms with Crippen LogP contribution >= 0.6 is 0 Å². The first-order chi connectivity index (χ1) is 5.33. The molecule has 0 aliphatic carbocycles. The first-order valence-electron chi connectivity index (χ1n) is 3.92. The quantitative estimate of drug-likeness (QED) is 0.607. The molecule has 0 aromatic carbocycles. The van der Waals surface area contributed by atoms with Crippen LogP contribution in [0.3, 0.4) is 0 Å². The van der Waals surface area contributed by atoms with Gasteiger partial charge in [-0.3, -0.25) is 4.79 Å². The molecule has 0 bridgehead atoms. The molecule has 1 rings (SSSR count). The molecule has 60 valence electrons. The van der Waals surface area contributed by atoms with Crippen molar-refractivity contribution in [1.82, 2.24) is 4.90 Å². The van der Waals surface area contributed by atoms with E-state index in [2.05, 4.69) is 0 Å². The average molecular weight is 151 g/mol. The zero-order chi connectivity index (χ0) is 8.10. The third kappa shape index (κ3) is 2.58. The Balaban J connectivity index is 2.33. The lowest BCUT2D eigenvalue weighted by Gasteiger charge is -2.18. The van der Waals surface area contributed by atoms with E-state index in [4.69, 9.17) is 0 Å². The van der Waals surface area contributed by atoms with E-state index in [1.807, 2.05) is 36.3 Å². The highest BCUT2D eigenvalue weighted by Gasteiger charge is 2.03. The summed E-state index contributed by atoms with van der Waals surface area (Å²) in [6, 6.07) is 0. The highest BCUT2D eigenvalue weighted by Crippen LogP contribution is 1.98. The topological polar surface area (TPSA) is 20.3 Å². The Hall–Kier alpha value is -1.05. The standard InChI is InChI=1S/C9H13NO/c1-2-9(11)8-10-6-4-3-5-7-10/h3-6H,2,7-8H2,1H3. The summed E-state index contributed by atoms with van der Waals surface area (Å²) in [6.45, 7) is 3.31. The van der Waals surface area contributed by atoms with Gasteiger partial charge in [-0.1, -0.05) is 19.1 Å². The van der Waals surface area contributed by atoms with Crippen molar-refractivity contribution in [3.63, 3.8) is 0 Å². The predicted molar refractivity (Wildman–Crippen MR) is 45.2 cm³/mol. The van der Waals surface area contributed by atoms with Crippen molar-refractivity contribution in [2.75, 3.05) is 13.1 Å². The molecule has 2 nitrogen and oxygen atoms in total. The van der Waals surface area contributed by atoms with E-state index in [-0.39, 0.29) is 0 Å². The molecule has 0 amide bonds. The molecular weight excluding hydrogens is 138 g/mol. The van der Waals surface area contributed by atoms with Crippen LogP contribution in [-0.2, 0) is 4.79 Å². The van der Waals surface area contributed by atoms with Crippen LogP contribution in [-0.4, -0.2) is 23.8 Å². The van der Waals surface area contributed by atoms with Gasteiger partial charge in [0, 0.05) is 13.0 Å². The number of carbonyl (C=O) groups excluding carboxylic acids is 1. The summed E-state index contributed by atoms with van der Waals surface area (Å²) >= 11 is 0. The lowest BCUT2D eigenvalue weighted by molar-refractivity contribution is -0.119. The fourth-order valence-corrected chi connectivity index (χ4v) is 0.963. The summed E-state index contributed by atoms with van der Waals surface area (Å²) in [5.74, 6) is 0.296. The third-order valence-corrected chi connectivity index (χ3v) is 1.66. The number of carbonyl (C=O) groups is 1. The van der Waals surface area contributed by atoms with E-state index in [1.165, 1.54) is 0 Å². The van der Waals surface area contributed by atoms with Crippen LogP contribution < -0.4 is 0 Å². The Kier molecular flexibility index (Phi) is 2.90. The van der Waals surface area contributed by atoms with Crippen molar-refractivity contribution >= 4 is 5.78 Å². The number of nitrogens with zero attached hydrogens (tertiary/aromatic N) is 1. The molecule has 0 atom stereocenters. The minimum absolute atomic E-state index is 0.296. The van der Waals surface area contributed by atoms with Gasteiger partial charge in [0.05, 0.1) is 6.54 Å². The number of hydrogen-bond donors (Lipinski definition) is 0. The number of rotatable bonds is 3. The largest absolute Gasteiger partial charge is 0.366 e. The van der Waals surface area contributed by atoms with Crippen molar-refractivity contribution in [3.05, 3.63) is 24.4 Å². The Morgan fingerprint density at radius 2 is 2.36 bits per heavy atom. The molecule has 11 heavy (non-hydrogen) atoms. The minimum Gasteiger partial charge on any atom is -0.366 e. The van der Waals surface area contributed by atoms with Crippen molar-refractivity contribution in [1.29, 1.82) is 0 Å². The van der Waals surface area contributed by atoms with Crippen molar-refractivity contribution in [3.8, 4) is 0 Å². The first-order valence-corrected chi connectivity index (χ1v) is 3.92. The summed E-state index contributed by atoms with van der Waals surface area (Å²) < 4.78 is 0. The number of Topliss-reactive ketones (excluding diaryl/α,β-unsaturated/α-hetero) is 1. The van der Waals surface area contributed by atoms with E-state index in [0.717, 1.165) is 6.54 Å². The molecule has 0 aromatic rings. The van der Waals surface area contributed by atoms with Gasteiger partial charge in [-0.2, -0.15) is 0 Å². The van der Waals surface area contributed by atoms with Gasteiger partial charge in [0.1, 0.15) is 0 Å². The van der Waals surface area contributed by atoms with E-state index in [0.29, 0.717) is 18.7 Å². The van der Waals surface area contributed by atoms with Gasteiger partial charge >= 0.3 is 0 Å². The molecule has 0 fully saturated rings. The van der Waals surface area contributed by atoms with Crippen LogP contribution in [0.25, 0.3) is 0 Å². The lowest BCUT2D eigenvalue weighted by atomic mass is 10.2. The van der Waals surface area contributed by atoms with E-state index >= 15 is 0 Å². The summed E-state index contributed by atoms with van der Waals surface area (Å²) in [7, 11) is 0. The Labute approximate surface area is 67.2 Å². The second kappa shape index (κ2) is 3.96. The van der Waals surface area contributed by atoms with Gasteiger partial charge in [-0.15, -0.1) is 0 Å². The summed E-state index contributed by atoms with van der Waals surface area (Å²) in [4.78, 5) is 13.0. The number of hydrogen-bond acceptors (Lipinski definition) is 2. The fourth-order valence-electron chi connectivity index (χ4n) is 0.963. The van der Waals surface area contributed by atoms with E-state index in [9.17, 15) is 4.79 Å². The van der Waals surface area contributed by atoms with Gasteiger partial charge in [-0.05, 0) is 12.3 Å². The van der Waals surface area contributed by atoms with Crippen LogP contribution in [0.1, 0.15) is 13.3 Å². The molecule has 0 N–H and O–H groups in total. The Morgan fingerprint density at radius 1 is 1.55 bits per heavy atom. The maximum Gasteiger partial charge on any atom is 0.151 e. The van der Waals surface area contributed by atoms with Gasteiger partial charge in [0.2, 0.25) is 0 Å².